The van der Waals surface area contributed by atoms with Gasteiger partial charge < -0.3 is 10.2 Å². The molecule has 1 atom stereocenters. The lowest BCUT2D eigenvalue weighted by molar-refractivity contribution is -0.138. The summed E-state index contributed by atoms with van der Waals surface area (Å²) in [6, 6.07) is 20.6. The van der Waals surface area contributed by atoms with Gasteiger partial charge in [-0.3, -0.25) is 19.3 Å². The van der Waals surface area contributed by atoms with Crippen LogP contribution in [0.1, 0.15) is 42.6 Å². The van der Waals surface area contributed by atoms with Gasteiger partial charge in [-0.1, -0.05) is 67.9 Å². The number of benzene rings is 3. The zero-order valence-corrected chi connectivity index (χ0v) is 19.8. The van der Waals surface area contributed by atoms with Crippen molar-refractivity contribution in [2.75, 3.05) is 24.5 Å². The molecule has 1 aliphatic rings. The Morgan fingerprint density at radius 3 is 2.47 bits per heavy atom. The van der Waals surface area contributed by atoms with Crippen molar-refractivity contribution in [3.63, 3.8) is 0 Å². The molecule has 34 heavy (non-hydrogen) atoms. The molecule has 0 radical (unpaired) electrons. The Balaban J connectivity index is 1.54. The molecule has 0 saturated heterocycles. The summed E-state index contributed by atoms with van der Waals surface area (Å²) >= 11 is 0. The third kappa shape index (κ3) is 4.81. The predicted molar refractivity (Wildman–Crippen MR) is 135 cm³/mol. The maximum atomic E-state index is 13.6. The minimum atomic E-state index is -0.635. The molecule has 6 heteroatoms. The molecule has 6 nitrogen and oxygen atoms in total. The Hall–Kier alpha value is -3.67. The topological polar surface area (TPSA) is 69.7 Å². The first-order valence-electron chi connectivity index (χ1n) is 12.0. The number of anilines is 1. The van der Waals surface area contributed by atoms with Crippen LogP contribution in [-0.4, -0.2) is 48.3 Å². The summed E-state index contributed by atoms with van der Waals surface area (Å²) in [5.74, 6) is -0.594. The van der Waals surface area contributed by atoms with Crippen LogP contribution in [0.25, 0.3) is 10.8 Å². The van der Waals surface area contributed by atoms with Crippen LogP contribution < -0.4 is 10.2 Å². The number of hydrogen-bond acceptors (Lipinski definition) is 3. The molecule has 1 unspecified atom stereocenters. The number of carbonyl (C=O) groups is 3. The minimum absolute atomic E-state index is 0.103. The number of rotatable bonds is 10. The first-order chi connectivity index (χ1) is 16.5. The van der Waals surface area contributed by atoms with Gasteiger partial charge in [0.2, 0.25) is 11.8 Å². The van der Waals surface area contributed by atoms with E-state index in [9.17, 15) is 14.4 Å². The van der Waals surface area contributed by atoms with Crippen LogP contribution in [0.3, 0.4) is 0 Å². The highest BCUT2D eigenvalue weighted by molar-refractivity contribution is 6.26. The van der Waals surface area contributed by atoms with Crippen LogP contribution in [0, 0.1) is 0 Å². The van der Waals surface area contributed by atoms with Crippen molar-refractivity contribution < 1.29 is 14.4 Å². The van der Waals surface area contributed by atoms with E-state index in [2.05, 4.69) is 12.2 Å². The average Bonchev–Trinajstić information content (AvgIpc) is 3.12. The van der Waals surface area contributed by atoms with E-state index in [-0.39, 0.29) is 24.3 Å². The van der Waals surface area contributed by atoms with Crippen molar-refractivity contribution in [3.05, 3.63) is 77.9 Å². The van der Waals surface area contributed by atoms with Gasteiger partial charge in [-0.25, -0.2) is 0 Å². The Kier molecular flexibility index (Phi) is 7.26. The van der Waals surface area contributed by atoms with Crippen LogP contribution in [0.15, 0.2) is 66.7 Å². The molecule has 0 bridgehead atoms. The highest BCUT2D eigenvalue weighted by Crippen LogP contribution is 2.37. The molecular formula is C28H31N3O3. The van der Waals surface area contributed by atoms with Crippen molar-refractivity contribution in [2.24, 2.45) is 0 Å². The van der Waals surface area contributed by atoms with E-state index in [1.165, 1.54) is 4.90 Å². The summed E-state index contributed by atoms with van der Waals surface area (Å²) in [5, 5.41) is 4.79. The van der Waals surface area contributed by atoms with Crippen LogP contribution in [0.4, 0.5) is 5.69 Å². The van der Waals surface area contributed by atoms with E-state index in [1.54, 1.807) is 17.9 Å². The summed E-state index contributed by atoms with van der Waals surface area (Å²) in [4.78, 5) is 42.7. The highest BCUT2D eigenvalue weighted by Gasteiger charge is 2.34. The van der Waals surface area contributed by atoms with E-state index in [4.69, 9.17) is 0 Å². The lowest BCUT2D eigenvalue weighted by Crippen LogP contribution is -2.52. The van der Waals surface area contributed by atoms with E-state index < -0.39 is 6.04 Å². The minimum Gasteiger partial charge on any atom is -0.354 e. The maximum absolute atomic E-state index is 13.6. The summed E-state index contributed by atoms with van der Waals surface area (Å²) in [5.41, 5.74) is 2.45. The number of carbonyl (C=O) groups excluding carboxylic acids is 3. The summed E-state index contributed by atoms with van der Waals surface area (Å²) in [6.07, 6.45) is 2.50. The third-order valence-electron chi connectivity index (χ3n) is 6.42. The van der Waals surface area contributed by atoms with Crippen molar-refractivity contribution in [1.29, 1.82) is 0 Å². The highest BCUT2D eigenvalue weighted by atomic mass is 16.2. The zero-order valence-electron chi connectivity index (χ0n) is 19.8. The smallest absolute Gasteiger partial charge is 0.259 e. The maximum Gasteiger partial charge on any atom is 0.259 e. The summed E-state index contributed by atoms with van der Waals surface area (Å²) < 4.78 is 0. The van der Waals surface area contributed by atoms with Crippen LogP contribution >= 0.6 is 0 Å². The predicted octanol–water partition coefficient (Wildman–Crippen LogP) is 4.18. The van der Waals surface area contributed by atoms with Crippen LogP contribution in [-0.2, 0) is 16.0 Å². The van der Waals surface area contributed by atoms with E-state index >= 15 is 0 Å². The SMILES string of the molecule is CCCCNC(=O)C(C)N(CCc1ccccc1)C(=O)CN1C(=O)c2cccc3cccc1c23. The Morgan fingerprint density at radius 2 is 1.74 bits per heavy atom. The van der Waals surface area contributed by atoms with Crippen molar-refractivity contribution >= 4 is 34.2 Å². The zero-order chi connectivity index (χ0) is 24.1. The first kappa shape index (κ1) is 23.5. The Morgan fingerprint density at radius 1 is 1.00 bits per heavy atom. The molecule has 0 saturated carbocycles. The summed E-state index contributed by atoms with van der Waals surface area (Å²) in [6.45, 7) is 4.70. The lowest BCUT2D eigenvalue weighted by Gasteiger charge is -2.30. The molecular weight excluding hydrogens is 426 g/mol. The molecule has 0 spiro atoms. The molecule has 1 N–H and O–H groups in total. The quantitative estimate of drug-likeness (QED) is 0.465. The number of nitrogens with one attached hydrogen (secondary N) is 1. The van der Waals surface area contributed by atoms with Crippen molar-refractivity contribution in [2.45, 2.75) is 39.2 Å². The van der Waals surface area contributed by atoms with Gasteiger partial charge in [0.1, 0.15) is 12.6 Å². The summed E-state index contributed by atoms with van der Waals surface area (Å²) in [7, 11) is 0. The number of unbranched alkanes of at least 4 members (excludes halogenated alkanes) is 1. The van der Waals surface area contributed by atoms with E-state index in [1.807, 2.05) is 60.7 Å². The molecule has 1 aliphatic heterocycles. The normalized spacial score (nSPS) is 13.2. The molecule has 1 heterocycles. The fourth-order valence-electron chi connectivity index (χ4n) is 4.47. The molecule has 4 rings (SSSR count). The van der Waals surface area contributed by atoms with Gasteiger partial charge in [0, 0.05) is 24.0 Å². The van der Waals surface area contributed by atoms with Gasteiger partial charge in [0.05, 0.1) is 5.69 Å². The van der Waals surface area contributed by atoms with E-state index in [0.717, 1.165) is 34.9 Å². The van der Waals surface area contributed by atoms with Gasteiger partial charge >= 0.3 is 0 Å². The van der Waals surface area contributed by atoms with E-state index in [0.29, 0.717) is 25.1 Å². The van der Waals surface area contributed by atoms with Gasteiger partial charge in [-0.15, -0.1) is 0 Å². The van der Waals surface area contributed by atoms with Crippen LogP contribution in [0.2, 0.25) is 0 Å². The van der Waals surface area contributed by atoms with Gasteiger partial charge in [0.15, 0.2) is 0 Å². The second-order valence-corrected chi connectivity index (χ2v) is 8.72. The molecule has 3 aromatic rings. The monoisotopic (exact) mass is 457 g/mol. The molecule has 3 amide bonds. The number of nitrogens with zero attached hydrogens (tertiary/aromatic N) is 2. The number of amides is 3. The fraction of sp³-hybridized carbons (Fsp3) is 0.321. The molecule has 176 valence electrons. The average molecular weight is 458 g/mol. The molecule has 0 fully saturated rings. The number of hydrogen-bond donors (Lipinski definition) is 1. The second kappa shape index (κ2) is 10.5. The largest absolute Gasteiger partial charge is 0.354 e. The Bertz CT molecular complexity index is 1190. The molecule has 3 aromatic carbocycles. The van der Waals surface area contributed by atoms with Crippen molar-refractivity contribution in [1.82, 2.24) is 10.2 Å². The second-order valence-electron chi connectivity index (χ2n) is 8.72. The van der Waals surface area contributed by atoms with Crippen LogP contribution in [0.5, 0.6) is 0 Å². The molecule has 0 aliphatic carbocycles. The fourth-order valence-corrected chi connectivity index (χ4v) is 4.47. The van der Waals surface area contributed by atoms with Gasteiger partial charge in [-0.2, -0.15) is 0 Å². The standard InChI is InChI=1S/C28H31N3O3/c1-3-4-17-29-27(33)20(2)30(18-16-21-10-6-5-7-11-21)25(32)19-31-24-15-9-13-22-12-8-14-23(26(22)24)28(31)34/h5-15,20H,3-4,16-19H2,1-2H3,(H,29,33). The Labute approximate surface area is 200 Å². The lowest BCUT2D eigenvalue weighted by atomic mass is 10.1. The molecule has 0 aromatic heterocycles. The van der Waals surface area contributed by atoms with Gasteiger partial charge in [0.25, 0.3) is 5.91 Å². The van der Waals surface area contributed by atoms with Crippen molar-refractivity contribution in [3.8, 4) is 0 Å². The first-order valence-corrected chi connectivity index (χ1v) is 12.0. The third-order valence-corrected chi connectivity index (χ3v) is 6.42. The van der Waals surface area contributed by atoms with Gasteiger partial charge in [-0.05, 0) is 42.8 Å².